The lowest BCUT2D eigenvalue weighted by Gasteiger charge is -2.43. The summed E-state index contributed by atoms with van der Waals surface area (Å²) in [6.07, 6.45) is 4.92. The molecule has 7 nitrogen and oxygen atoms in total. The van der Waals surface area contributed by atoms with Gasteiger partial charge in [0.25, 0.3) is 0 Å². The van der Waals surface area contributed by atoms with Gasteiger partial charge in [0.1, 0.15) is 5.82 Å². The van der Waals surface area contributed by atoms with Crippen molar-refractivity contribution in [3.8, 4) is 0 Å². The molecule has 0 aliphatic carbocycles. The molecule has 24 heavy (non-hydrogen) atoms. The first-order valence-electron chi connectivity index (χ1n) is 8.44. The Labute approximate surface area is 145 Å². The fraction of sp³-hybridized carbons (Fsp3) is 0.688. The molecule has 4 rings (SSSR count). The first-order chi connectivity index (χ1) is 11.6. The first-order valence-corrected chi connectivity index (χ1v) is 8.82. The second-order valence-corrected chi connectivity index (χ2v) is 7.32. The van der Waals surface area contributed by atoms with Gasteiger partial charge in [-0.3, -0.25) is 0 Å². The number of aromatic nitrogens is 4. The van der Waals surface area contributed by atoms with Crippen molar-refractivity contribution in [3.63, 3.8) is 0 Å². The summed E-state index contributed by atoms with van der Waals surface area (Å²) < 4.78 is 13.3. The number of ether oxygens (including phenoxy) is 2. The molecule has 0 aromatic carbocycles. The highest BCUT2D eigenvalue weighted by molar-refractivity contribution is 6.28. The zero-order valence-corrected chi connectivity index (χ0v) is 14.8. The van der Waals surface area contributed by atoms with Crippen LogP contribution in [-0.2, 0) is 9.47 Å². The quantitative estimate of drug-likeness (QED) is 0.775. The number of nitrogens with zero attached hydrogens (tertiary/aromatic N) is 5. The van der Waals surface area contributed by atoms with Gasteiger partial charge in [-0.1, -0.05) is 0 Å². The van der Waals surface area contributed by atoms with Crippen LogP contribution in [0.1, 0.15) is 39.3 Å². The van der Waals surface area contributed by atoms with E-state index in [9.17, 15) is 0 Å². The van der Waals surface area contributed by atoms with Crippen molar-refractivity contribution in [2.45, 2.75) is 44.9 Å². The molecule has 130 valence electrons. The lowest BCUT2D eigenvalue weighted by atomic mass is 10.0. The molecular formula is C16H22ClN5O2. The van der Waals surface area contributed by atoms with Crippen molar-refractivity contribution in [3.05, 3.63) is 11.5 Å². The lowest BCUT2D eigenvalue weighted by molar-refractivity contribution is -0.0370. The minimum atomic E-state index is -0.160. The monoisotopic (exact) mass is 351 g/mol. The largest absolute Gasteiger partial charge is 0.377 e. The fourth-order valence-corrected chi connectivity index (χ4v) is 3.63. The van der Waals surface area contributed by atoms with Gasteiger partial charge >= 0.3 is 0 Å². The molecule has 2 fully saturated rings. The summed E-state index contributed by atoms with van der Waals surface area (Å²) in [5.74, 6) is 0.820. The van der Waals surface area contributed by atoms with Crippen LogP contribution >= 0.6 is 11.6 Å². The van der Waals surface area contributed by atoms with Crippen molar-refractivity contribution >= 4 is 28.5 Å². The molecule has 4 heterocycles. The smallest absolute Gasteiger partial charge is 0.226 e. The van der Waals surface area contributed by atoms with Gasteiger partial charge in [-0.2, -0.15) is 15.1 Å². The molecule has 0 N–H and O–H groups in total. The maximum atomic E-state index is 6.24. The minimum Gasteiger partial charge on any atom is -0.377 e. The summed E-state index contributed by atoms with van der Waals surface area (Å²) in [4.78, 5) is 11.2. The molecule has 0 radical (unpaired) electrons. The number of anilines is 1. The average Bonchev–Trinajstić information content (AvgIpc) is 2.98. The SMILES string of the molecule is CC1(C)COCCN1c1nc(Cl)nc2c1cnn2C1CCCCO1. The standard InChI is InChI=1S/C16H22ClN5O2/c1-16(2)10-23-8-6-21(16)13-11-9-18-22(12-5-3-4-7-24-12)14(11)20-15(17)19-13/h9,12H,3-8,10H2,1-2H3. The summed E-state index contributed by atoms with van der Waals surface area (Å²) >= 11 is 6.24. The van der Waals surface area contributed by atoms with Gasteiger partial charge in [0.2, 0.25) is 5.28 Å². The molecule has 0 amide bonds. The molecule has 2 aliphatic heterocycles. The number of hydrogen-bond donors (Lipinski definition) is 0. The predicted octanol–water partition coefficient (Wildman–Crippen LogP) is 2.79. The van der Waals surface area contributed by atoms with Crippen LogP contribution in [0, 0.1) is 0 Å². The Morgan fingerprint density at radius 2 is 2.12 bits per heavy atom. The topological polar surface area (TPSA) is 65.3 Å². The Balaban J connectivity index is 1.80. The zero-order chi connectivity index (χ0) is 16.7. The molecule has 1 atom stereocenters. The Morgan fingerprint density at radius 1 is 1.25 bits per heavy atom. The van der Waals surface area contributed by atoms with Gasteiger partial charge in [0, 0.05) is 13.2 Å². The third-order valence-corrected chi connectivity index (χ3v) is 4.90. The van der Waals surface area contributed by atoms with Crippen LogP contribution in [0.3, 0.4) is 0 Å². The van der Waals surface area contributed by atoms with E-state index in [0.717, 1.165) is 49.3 Å². The lowest BCUT2D eigenvalue weighted by Crippen LogP contribution is -2.53. The summed E-state index contributed by atoms with van der Waals surface area (Å²) in [6, 6.07) is 0. The second-order valence-electron chi connectivity index (χ2n) is 6.98. The van der Waals surface area contributed by atoms with E-state index in [2.05, 4.69) is 33.8 Å². The highest BCUT2D eigenvalue weighted by Gasteiger charge is 2.34. The van der Waals surface area contributed by atoms with Crippen molar-refractivity contribution in [2.24, 2.45) is 0 Å². The van der Waals surface area contributed by atoms with E-state index in [0.29, 0.717) is 13.2 Å². The molecule has 0 bridgehead atoms. The van der Waals surface area contributed by atoms with Gasteiger partial charge in [0.15, 0.2) is 11.9 Å². The van der Waals surface area contributed by atoms with Crippen molar-refractivity contribution in [2.75, 3.05) is 31.3 Å². The number of rotatable bonds is 2. The number of halogens is 1. The predicted molar refractivity (Wildman–Crippen MR) is 91.4 cm³/mol. The normalized spacial score (nSPS) is 24.5. The Hall–Kier alpha value is -1.44. The molecule has 2 aromatic rings. The molecule has 2 saturated heterocycles. The van der Waals surface area contributed by atoms with Crippen LogP contribution < -0.4 is 4.90 Å². The van der Waals surface area contributed by atoms with Crippen LogP contribution in [0.4, 0.5) is 5.82 Å². The fourth-order valence-electron chi connectivity index (χ4n) is 3.47. The van der Waals surface area contributed by atoms with E-state index in [1.807, 2.05) is 10.9 Å². The van der Waals surface area contributed by atoms with E-state index in [1.165, 1.54) is 0 Å². The average molecular weight is 352 g/mol. The maximum absolute atomic E-state index is 6.24. The highest BCUT2D eigenvalue weighted by atomic mass is 35.5. The van der Waals surface area contributed by atoms with Crippen molar-refractivity contribution in [1.29, 1.82) is 0 Å². The van der Waals surface area contributed by atoms with Gasteiger partial charge in [0.05, 0.1) is 30.3 Å². The van der Waals surface area contributed by atoms with E-state index in [1.54, 1.807) is 0 Å². The van der Waals surface area contributed by atoms with E-state index >= 15 is 0 Å². The Kier molecular flexibility index (Phi) is 4.10. The third-order valence-electron chi connectivity index (χ3n) is 4.74. The molecule has 0 spiro atoms. The number of morpholine rings is 1. The molecular weight excluding hydrogens is 330 g/mol. The van der Waals surface area contributed by atoms with Crippen LogP contribution in [0.5, 0.6) is 0 Å². The second kappa shape index (κ2) is 6.13. The Bertz CT molecular complexity index is 741. The molecule has 8 heteroatoms. The van der Waals surface area contributed by atoms with Crippen LogP contribution in [-0.4, -0.2) is 51.7 Å². The van der Waals surface area contributed by atoms with Gasteiger partial charge in [-0.05, 0) is 44.7 Å². The maximum Gasteiger partial charge on any atom is 0.226 e. The number of fused-ring (bicyclic) bond motifs is 1. The summed E-state index contributed by atoms with van der Waals surface area (Å²) in [5.41, 5.74) is 0.575. The summed E-state index contributed by atoms with van der Waals surface area (Å²) in [6.45, 7) is 7.13. The van der Waals surface area contributed by atoms with Gasteiger partial charge in [-0.15, -0.1) is 0 Å². The molecule has 2 aromatic heterocycles. The summed E-state index contributed by atoms with van der Waals surface area (Å²) in [7, 11) is 0. The molecule has 1 unspecified atom stereocenters. The van der Waals surface area contributed by atoms with Crippen LogP contribution in [0.25, 0.3) is 11.0 Å². The van der Waals surface area contributed by atoms with Crippen molar-refractivity contribution < 1.29 is 9.47 Å². The Morgan fingerprint density at radius 3 is 2.88 bits per heavy atom. The van der Waals surface area contributed by atoms with E-state index in [-0.39, 0.29) is 17.1 Å². The van der Waals surface area contributed by atoms with E-state index < -0.39 is 0 Å². The van der Waals surface area contributed by atoms with Crippen molar-refractivity contribution in [1.82, 2.24) is 19.7 Å². The highest BCUT2D eigenvalue weighted by Crippen LogP contribution is 2.34. The zero-order valence-electron chi connectivity index (χ0n) is 14.0. The van der Waals surface area contributed by atoms with Crippen LogP contribution in [0.15, 0.2) is 6.20 Å². The summed E-state index contributed by atoms with van der Waals surface area (Å²) in [5, 5.41) is 5.68. The van der Waals surface area contributed by atoms with Crippen LogP contribution in [0.2, 0.25) is 5.28 Å². The molecule has 0 saturated carbocycles. The molecule has 2 aliphatic rings. The van der Waals surface area contributed by atoms with E-state index in [4.69, 9.17) is 21.1 Å². The van der Waals surface area contributed by atoms with Gasteiger partial charge in [-0.25, -0.2) is 4.68 Å². The van der Waals surface area contributed by atoms with Gasteiger partial charge < -0.3 is 14.4 Å². The number of hydrogen-bond acceptors (Lipinski definition) is 6. The first kappa shape index (κ1) is 16.1. The minimum absolute atomic E-state index is 0.0761. The third kappa shape index (κ3) is 2.74.